The first-order chi connectivity index (χ1) is 12.8. The molecule has 1 heterocycles. The molecule has 2 rings (SSSR count). The second-order valence-corrected chi connectivity index (χ2v) is 7.95. The Labute approximate surface area is 158 Å². The summed E-state index contributed by atoms with van der Waals surface area (Å²) >= 11 is 0. The average Bonchev–Trinajstić information content (AvgIpc) is 2.63. The number of rotatable bonds is 8. The highest BCUT2D eigenvalue weighted by atomic mass is 32.2. The Morgan fingerprint density at radius 1 is 1.26 bits per heavy atom. The smallest absolute Gasteiger partial charge is 0.264 e. The van der Waals surface area contributed by atoms with Gasteiger partial charge in [-0.3, -0.25) is 13.9 Å². The zero-order chi connectivity index (χ0) is 20.0. The molecule has 0 saturated heterocycles. The highest BCUT2D eigenvalue weighted by Crippen LogP contribution is 2.23. The predicted octanol–water partition coefficient (Wildman–Crippen LogP) is -0.875. The third kappa shape index (κ3) is 4.85. The fourth-order valence-electron chi connectivity index (χ4n) is 2.53. The van der Waals surface area contributed by atoms with Gasteiger partial charge in [0.15, 0.2) is 0 Å². The molecule has 0 saturated carbocycles. The van der Waals surface area contributed by atoms with Gasteiger partial charge in [0.05, 0.1) is 11.5 Å². The molecule has 1 aromatic rings. The van der Waals surface area contributed by atoms with Crippen LogP contribution in [-0.2, 0) is 19.6 Å². The van der Waals surface area contributed by atoms with Gasteiger partial charge in [-0.05, 0) is 32.0 Å². The van der Waals surface area contributed by atoms with Crippen LogP contribution in [0.1, 0.15) is 12.0 Å². The summed E-state index contributed by atoms with van der Waals surface area (Å²) in [5, 5.41) is 12.2. The summed E-state index contributed by atoms with van der Waals surface area (Å²) in [5.41, 5.74) is 6.25. The van der Waals surface area contributed by atoms with E-state index in [1.54, 1.807) is 12.1 Å². The van der Waals surface area contributed by atoms with E-state index < -0.39 is 34.5 Å². The van der Waals surface area contributed by atoms with Gasteiger partial charge in [0, 0.05) is 18.9 Å². The Balaban J connectivity index is 2.19. The molecule has 0 unspecified atom stereocenters. The van der Waals surface area contributed by atoms with E-state index in [0.29, 0.717) is 19.5 Å². The number of nitrogens with one attached hydrogen (secondary N) is 1. The van der Waals surface area contributed by atoms with E-state index in [2.05, 4.69) is 5.32 Å². The number of nitrogens with zero attached hydrogens (tertiary/aromatic N) is 2. The van der Waals surface area contributed by atoms with Crippen LogP contribution >= 0.6 is 0 Å². The van der Waals surface area contributed by atoms with Crippen molar-refractivity contribution in [1.29, 1.82) is 0 Å². The van der Waals surface area contributed by atoms with E-state index in [1.165, 1.54) is 24.5 Å². The van der Waals surface area contributed by atoms with Gasteiger partial charge in [0.25, 0.3) is 15.9 Å². The normalized spacial score (nSPS) is 17.3. The van der Waals surface area contributed by atoms with Crippen molar-refractivity contribution >= 4 is 21.8 Å². The van der Waals surface area contributed by atoms with E-state index >= 15 is 0 Å². The standard InChI is InChI=1S/C17H24N4O5S/c1-13-3-5-14(6-4-13)27(25,26)21-10-9-20(17(24)15(21)12-22)11-16(23)19-8-2-7-18/h3-6,9-10,15,22H,2,7-8,11-12,18H2,1H3,(H,19,23)/t15-/m0/s1. The van der Waals surface area contributed by atoms with Crippen LogP contribution in [0.3, 0.4) is 0 Å². The highest BCUT2D eigenvalue weighted by molar-refractivity contribution is 7.89. The monoisotopic (exact) mass is 396 g/mol. The molecule has 0 radical (unpaired) electrons. The minimum atomic E-state index is -4.02. The van der Waals surface area contributed by atoms with E-state index in [1.807, 2.05) is 6.92 Å². The van der Waals surface area contributed by atoms with Crippen molar-refractivity contribution in [2.45, 2.75) is 24.3 Å². The van der Waals surface area contributed by atoms with Gasteiger partial charge in [0.2, 0.25) is 5.91 Å². The van der Waals surface area contributed by atoms with E-state index in [4.69, 9.17) is 5.73 Å². The fourth-order valence-corrected chi connectivity index (χ4v) is 3.96. The zero-order valence-corrected chi connectivity index (χ0v) is 15.9. The summed E-state index contributed by atoms with van der Waals surface area (Å²) in [6, 6.07) is 4.84. The SMILES string of the molecule is Cc1ccc(S(=O)(=O)N2C=CN(CC(=O)NCCCN)C(=O)[C@@H]2CO)cc1. The number of sulfonamides is 1. The van der Waals surface area contributed by atoms with Crippen LogP contribution in [0.2, 0.25) is 0 Å². The number of nitrogens with two attached hydrogens (primary N) is 1. The van der Waals surface area contributed by atoms with E-state index in [-0.39, 0.29) is 11.4 Å². The number of benzene rings is 1. The second kappa shape index (κ2) is 8.98. The number of amides is 2. The van der Waals surface area contributed by atoms with Gasteiger partial charge < -0.3 is 21.1 Å². The maximum atomic E-state index is 12.8. The van der Waals surface area contributed by atoms with Crippen LogP contribution in [0.4, 0.5) is 0 Å². The Kier molecular flexibility index (Phi) is 6.94. The van der Waals surface area contributed by atoms with Crippen LogP contribution in [0, 0.1) is 6.92 Å². The molecule has 1 aliphatic heterocycles. The van der Waals surface area contributed by atoms with Crippen molar-refractivity contribution in [3.63, 3.8) is 0 Å². The van der Waals surface area contributed by atoms with Crippen LogP contribution in [0.15, 0.2) is 41.6 Å². The van der Waals surface area contributed by atoms with Gasteiger partial charge in [-0.1, -0.05) is 17.7 Å². The van der Waals surface area contributed by atoms with Gasteiger partial charge in [-0.15, -0.1) is 0 Å². The third-order valence-corrected chi connectivity index (χ3v) is 5.85. The number of carbonyl (C=O) groups is 2. The van der Waals surface area contributed by atoms with Crippen molar-refractivity contribution in [3.05, 3.63) is 42.2 Å². The molecule has 0 fully saturated rings. The average molecular weight is 396 g/mol. The van der Waals surface area contributed by atoms with Crippen LogP contribution < -0.4 is 11.1 Å². The van der Waals surface area contributed by atoms with Gasteiger partial charge >= 0.3 is 0 Å². The topological polar surface area (TPSA) is 133 Å². The van der Waals surface area contributed by atoms with Crippen LogP contribution in [-0.4, -0.2) is 66.8 Å². The highest BCUT2D eigenvalue weighted by Gasteiger charge is 2.38. The second-order valence-electron chi connectivity index (χ2n) is 6.10. The Bertz CT molecular complexity index is 807. The summed E-state index contributed by atoms with van der Waals surface area (Å²) in [5.74, 6) is -1.07. The summed E-state index contributed by atoms with van der Waals surface area (Å²) in [7, 11) is -4.02. The number of carbonyl (C=O) groups excluding carboxylic acids is 2. The molecule has 0 aromatic heterocycles. The van der Waals surface area contributed by atoms with Gasteiger partial charge in [0.1, 0.15) is 12.6 Å². The molecule has 27 heavy (non-hydrogen) atoms. The molecule has 0 bridgehead atoms. The van der Waals surface area contributed by atoms with E-state index in [9.17, 15) is 23.1 Å². The fraction of sp³-hybridized carbons (Fsp3) is 0.412. The van der Waals surface area contributed by atoms with E-state index in [0.717, 1.165) is 14.8 Å². The molecule has 0 aliphatic carbocycles. The third-order valence-electron chi connectivity index (χ3n) is 4.06. The van der Waals surface area contributed by atoms with Crippen LogP contribution in [0.25, 0.3) is 0 Å². The summed E-state index contributed by atoms with van der Waals surface area (Å²) in [4.78, 5) is 25.6. The predicted molar refractivity (Wildman–Crippen MR) is 98.6 cm³/mol. The van der Waals surface area contributed by atoms with Crippen molar-refractivity contribution in [2.24, 2.45) is 5.73 Å². The van der Waals surface area contributed by atoms with Crippen molar-refractivity contribution in [2.75, 3.05) is 26.2 Å². The Hall–Kier alpha value is -2.43. The summed E-state index contributed by atoms with van der Waals surface area (Å²) in [6.07, 6.45) is 3.02. The molecule has 1 aromatic carbocycles. The van der Waals surface area contributed by atoms with Crippen LogP contribution in [0.5, 0.6) is 0 Å². The molecule has 1 atom stereocenters. The Morgan fingerprint density at radius 3 is 2.52 bits per heavy atom. The molecular weight excluding hydrogens is 372 g/mol. The lowest BCUT2D eigenvalue weighted by Crippen LogP contribution is -2.54. The molecular formula is C17H24N4O5S. The maximum absolute atomic E-state index is 12.8. The first-order valence-electron chi connectivity index (χ1n) is 8.48. The minimum absolute atomic E-state index is 0.0111. The molecule has 9 nitrogen and oxygen atoms in total. The van der Waals surface area contributed by atoms with Crippen molar-refractivity contribution in [1.82, 2.24) is 14.5 Å². The van der Waals surface area contributed by atoms with Crippen molar-refractivity contribution in [3.8, 4) is 0 Å². The summed E-state index contributed by atoms with van der Waals surface area (Å²) in [6.45, 7) is 1.67. The molecule has 10 heteroatoms. The quantitative estimate of drug-likeness (QED) is 0.489. The number of hydrogen-bond donors (Lipinski definition) is 3. The van der Waals surface area contributed by atoms with Crippen molar-refractivity contribution < 1.29 is 23.1 Å². The maximum Gasteiger partial charge on any atom is 0.264 e. The molecule has 2 amide bonds. The number of aliphatic hydroxyl groups is 1. The number of hydrogen-bond acceptors (Lipinski definition) is 6. The zero-order valence-electron chi connectivity index (χ0n) is 15.0. The molecule has 4 N–H and O–H groups in total. The first-order valence-corrected chi connectivity index (χ1v) is 9.92. The minimum Gasteiger partial charge on any atom is -0.394 e. The van der Waals surface area contributed by atoms with Gasteiger partial charge in [-0.25, -0.2) is 8.42 Å². The number of aryl methyl sites for hydroxylation is 1. The largest absolute Gasteiger partial charge is 0.394 e. The lowest BCUT2D eigenvalue weighted by molar-refractivity contribution is -0.138. The first kappa shape index (κ1) is 20.9. The Morgan fingerprint density at radius 2 is 1.93 bits per heavy atom. The molecule has 148 valence electrons. The van der Waals surface area contributed by atoms with Gasteiger partial charge in [-0.2, -0.15) is 0 Å². The molecule has 1 aliphatic rings. The summed E-state index contributed by atoms with van der Waals surface area (Å²) < 4.78 is 26.5. The number of aliphatic hydroxyl groups excluding tert-OH is 1. The lowest BCUT2D eigenvalue weighted by atomic mass is 10.2. The lowest BCUT2D eigenvalue weighted by Gasteiger charge is -2.35. The molecule has 0 spiro atoms.